The lowest BCUT2D eigenvalue weighted by Crippen LogP contribution is -2.63. The van der Waals surface area contributed by atoms with Crippen LogP contribution in [-0.2, 0) is 4.74 Å². The third kappa shape index (κ3) is 5.03. The number of aromatic hydroxyl groups is 1. The highest BCUT2D eigenvalue weighted by molar-refractivity contribution is 6.17. The van der Waals surface area contributed by atoms with E-state index in [1.54, 1.807) is 0 Å². The van der Waals surface area contributed by atoms with Crippen molar-refractivity contribution < 1.29 is 28.2 Å². The number of phenolic OH excluding ortho intramolecular Hbond substituents is 1. The van der Waals surface area contributed by atoms with Gasteiger partial charge in [-0.15, -0.1) is 6.42 Å². The lowest BCUT2D eigenvalue weighted by Gasteiger charge is -2.43. The van der Waals surface area contributed by atoms with Crippen LogP contribution in [0.15, 0.2) is 24.3 Å². The van der Waals surface area contributed by atoms with E-state index < -0.39 is 23.3 Å². The molecular formula is C36H37F2N7O4. The number of phenols is 1. The molecule has 2 N–H and O–H groups in total. The Labute approximate surface area is 281 Å². The lowest BCUT2D eigenvalue weighted by molar-refractivity contribution is 0.0374. The smallest absolute Gasteiger partial charge is 0.320 e. The quantitative estimate of drug-likeness (QED) is 0.222. The van der Waals surface area contributed by atoms with E-state index in [9.17, 15) is 18.7 Å². The fraction of sp³-hybridized carbons (Fsp3) is 0.500. The molecule has 2 unspecified atom stereocenters. The van der Waals surface area contributed by atoms with Crippen molar-refractivity contribution in [3.63, 3.8) is 0 Å². The predicted molar refractivity (Wildman–Crippen MR) is 177 cm³/mol. The number of morpholine rings is 1. The molecular weight excluding hydrogens is 632 g/mol. The van der Waals surface area contributed by atoms with Crippen molar-refractivity contribution in [3.8, 4) is 24.1 Å². The summed E-state index contributed by atoms with van der Waals surface area (Å²) in [5.41, 5.74) is 0.535. The van der Waals surface area contributed by atoms with E-state index >= 15 is 0 Å². The van der Waals surface area contributed by atoms with Crippen molar-refractivity contribution in [2.45, 2.75) is 68.4 Å². The van der Waals surface area contributed by atoms with Gasteiger partial charge < -0.3 is 29.4 Å². The Hall–Kier alpha value is -4.38. The molecule has 4 aliphatic heterocycles. The first kappa shape index (κ1) is 30.7. The molecule has 2 aromatic carbocycles. The number of ketones is 1. The predicted octanol–water partition coefficient (Wildman–Crippen LogP) is 3.89. The minimum atomic E-state index is -0.894. The molecule has 5 fully saturated rings. The molecule has 254 valence electrons. The Morgan fingerprint density at radius 1 is 1.14 bits per heavy atom. The van der Waals surface area contributed by atoms with Gasteiger partial charge in [0.05, 0.1) is 24.3 Å². The highest BCUT2D eigenvalue weighted by Gasteiger charge is 2.49. The van der Waals surface area contributed by atoms with Gasteiger partial charge in [-0.1, -0.05) is 12.0 Å². The second-order valence-electron chi connectivity index (χ2n) is 14.2. The topological polar surface area (TPSA) is 118 Å². The molecule has 11 nitrogen and oxygen atoms in total. The third-order valence-corrected chi connectivity index (χ3v) is 11.1. The maximum Gasteiger partial charge on any atom is 0.320 e. The second kappa shape index (κ2) is 11.6. The molecule has 4 atom stereocenters. The molecule has 0 spiro atoms. The van der Waals surface area contributed by atoms with E-state index in [2.05, 4.69) is 21.0 Å². The summed E-state index contributed by atoms with van der Waals surface area (Å²) in [7, 11) is 0. The highest BCUT2D eigenvalue weighted by atomic mass is 19.1. The Balaban J connectivity index is 1.20. The summed E-state index contributed by atoms with van der Waals surface area (Å²) in [4.78, 5) is 33.7. The number of terminal acetylenes is 1. The number of hydrogen-bond acceptors (Lipinski definition) is 10. The number of piperazine rings is 1. The van der Waals surface area contributed by atoms with Gasteiger partial charge in [-0.25, -0.2) is 13.8 Å². The van der Waals surface area contributed by atoms with Gasteiger partial charge in [-0.05, 0) is 62.2 Å². The second-order valence-corrected chi connectivity index (χ2v) is 14.2. The number of halogens is 2. The number of imidazole rings is 1. The number of ether oxygens (including phenoxy) is 2. The zero-order chi connectivity index (χ0) is 33.4. The number of fused-ring (bicyclic) bond motifs is 5. The molecule has 1 saturated carbocycles. The van der Waals surface area contributed by atoms with Crippen LogP contribution in [0.5, 0.6) is 11.8 Å². The average molecular weight is 670 g/mol. The molecule has 2 bridgehead atoms. The SMILES string of the molecule is C#Cc1c(F)ccc2cc(O)cc(C(=O)c3nc4nc(OC[C@@]56CCCN5C[C@H](F)C6)nc(N5CC6COCC(C5)N6)c4n3C3CCC3)c12. The van der Waals surface area contributed by atoms with Crippen LogP contribution in [0.25, 0.3) is 21.9 Å². The first-order valence-corrected chi connectivity index (χ1v) is 17.2. The van der Waals surface area contributed by atoms with Gasteiger partial charge in [-0.2, -0.15) is 9.97 Å². The van der Waals surface area contributed by atoms with E-state index in [0.29, 0.717) is 61.6 Å². The Morgan fingerprint density at radius 3 is 2.71 bits per heavy atom. The number of anilines is 1. The van der Waals surface area contributed by atoms with Gasteiger partial charge in [0.15, 0.2) is 17.3 Å². The van der Waals surface area contributed by atoms with Crippen molar-refractivity contribution in [3.05, 3.63) is 47.0 Å². The average Bonchev–Trinajstić information content (AvgIpc) is 3.72. The number of carbonyl (C=O) groups is 1. The van der Waals surface area contributed by atoms with Gasteiger partial charge in [0.25, 0.3) is 0 Å². The summed E-state index contributed by atoms with van der Waals surface area (Å²) in [6.07, 6.45) is 9.74. The van der Waals surface area contributed by atoms with Crippen LogP contribution in [0.1, 0.15) is 66.3 Å². The number of benzene rings is 2. The van der Waals surface area contributed by atoms with E-state index in [-0.39, 0.29) is 58.8 Å². The normalized spacial score (nSPS) is 27.0. The van der Waals surface area contributed by atoms with Crippen molar-refractivity contribution in [1.29, 1.82) is 0 Å². The number of nitrogens with one attached hydrogen (secondary N) is 1. The zero-order valence-electron chi connectivity index (χ0n) is 27.0. The molecule has 4 aromatic rings. The lowest BCUT2D eigenvalue weighted by atomic mass is 9.91. The van der Waals surface area contributed by atoms with Crippen molar-refractivity contribution >= 4 is 33.5 Å². The van der Waals surface area contributed by atoms with Crippen LogP contribution < -0.4 is 15.0 Å². The van der Waals surface area contributed by atoms with Crippen LogP contribution in [0.3, 0.4) is 0 Å². The van der Waals surface area contributed by atoms with Gasteiger partial charge in [0.1, 0.15) is 29.9 Å². The molecule has 1 aliphatic carbocycles. The van der Waals surface area contributed by atoms with Crippen LogP contribution >= 0.6 is 0 Å². The largest absolute Gasteiger partial charge is 0.508 e. The first-order chi connectivity index (χ1) is 23.8. The molecule has 5 aliphatic rings. The monoisotopic (exact) mass is 669 g/mol. The fourth-order valence-corrected chi connectivity index (χ4v) is 8.70. The Kier molecular flexibility index (Phi) is 7.26. The van der Waals surface area contributed by atoms with Crippen LogP contribution in [-0.4, -0.2) is 105 Å². The van der Waals surface area contributed by atoms with Crippen molar-refractivity contribution in [2.75, 3.05) is 50.9 Å². The number of alkyl halides is 1. The number of hydrogen-bond donors (Lipinski definition) is 2. The Bertz CT molecular complexity index is 2030. The standard InChI is InChI=1S/C36H37F2N7O4/c1-2-26-28(38)8-7-20-11-25(46)12-27(29(20)26)31(47)34-40-32-30(45(34)24-5-3-6-24)33(43-15-22-17-48-18-23(16-43)39-22)42-35(41-32)49-19-36-9-4-10-44(36)14-21(37)13-36/h1,7-8,11-12,21-24,39,46H,3-6,9-10,13-19H2/t21-,22?,23?,36+/m1/s1. The van der Waals surface area contributed by atoms with Crippen LogP contribution in [0.2, 0.25) is 0 Å². The van der Waals surface area contributed by atoms with Gasteiger partial charge in [0.2, 0.25) is 5.78 Å². The van der Waals surface area contributed by atoms with E-state index in [1.165, 1.54) is 24.3 Å². The molecule has 4 saturated heterocycles. The fourth-order valence-electron chi connectivity index (χ4n) is 8.70. The summed E-state index contributed by atoms with van der Waals surface area (Å²) in [5.74, 6) is 1.84. The number of carbonyl (C=O) groups excluding carboxylic acids is 1. The summed E-state index contributed by atoms with van der Waals surface area (Å²) in [6.45, 7) is 3.87. The van der Waals surface area contributed by atoms with Crippen molar-refractivity contribution in [1.82, 2.24) is 29.7 Å². The summed E-state index contributed by atoms with van der Waals surface area (Å²) >= 11 is 0. The molecule has 9 rings (SSSR count). The molecule has 2 aromatic heterocycles. The summed E-state index contributed by atoms with van der Waals surface area (Å²) < 4.78 is 43.7. The highest BCUT2D eigenvalue weighted by Crippen LogP contribution is 2.42. The molecule has 0 radical (unpaired) electrons. The van der Waals surface area contributed by atoms with Crippen LogP contribution in [0.4, 0.5) is 14.6 Å². The molecule has 0 amide bonds. The van der Waals surface area contributed by atoms with Gasteiger partial charge in [-0.3, -0.25) is 9.69 Å². The summed E-state index contributed by atoms with van der Waals surface area (Å²) in [5, 5.41) is 15.0. The summed E-state index contributed by atoms with van der Waals surface area (Å²) in [6, 6.07) is 5.77. The maximum absolute atomic E-state index is 15.0. The van der Waals surface area contributed by atoms with Crippen molar-refractivity contribution in [2.24, 2.45) is 0 Å². The third-order valence-electron chi connectivity index (χ3n) is 11.1. The first-order valence-electron chi connectivity index (χ1n) is 17.2. The zero-order valence-corrected chi connectivity index (χ0v) is 27.0. The van der Waals surface area contributed by atoms with Gasteiger partial charge >= 0.3 is 6.01 Å². The molecule has 6 heterocycles. The number of aromatic nitrogens is 4. The van der Waals surface area contributed by atoms with Crippen LogP contribution in [0, 0.1) is 18.2 Å². The van der Waals surface area contributed by atoms with Gasteiger partial charge in [0, 0.05) is 55.1 Å². The Morgan fingerprint density at radius 2 is 1.96 bits per heavy atom. The van der Waals surface area contributed by atoms with E-state index in [1.807, 2.05) is 4.57 Å². The minimum absolute atomic E-state index is 0.0397. The maximum atomic E-state index is 15.0. The van der Waals surface area contributed by atoms with E-state index in [0.717, 1.165) is 38.6 Å². The number of nitrogens with zero attached hydrogens (tertiary/aromatic N) is 6. The number of rotatable bonds is 7. The molecule has 13 heteroatoms. The molecule has 49 heavy (non-hydrogen) atoms. The van der Waals surface area contributed by atoms with E-state index in [4.69, 9.17) is 30.8 Å². The minimum Gasteiger partial charge on any atom is -0.508 e.